The number of ether oxygens (including phenoxy) is 1. The maximum atomic E-state index is 12.8. The molecule has 0 unspecified atom stereocenters. The summed E-state index contributed by atoms with van der Waals surface area (Å²) < 4.78 is 32.9. The first-order valence-corrected chi connectivity index (χ1v) is 8.61. The Morgan fingerprint density at radius 1 is 1.11 bits per heavy atom. The lowest BCUT2D eigenvalue weighted by Crippen LogP contribution is -2.08. The predicted molar refractivity (Wildman–Crippen MR) is 97.7 cm³/mol. The Morgan fingerprint density at radius 3 is 2.64 bits per heavy atom. The number of hydrogen-bond acceptors (Lipinski definition) is 6. The van der Waals surface area contributed by atoms with Crippen LogP contribution < -0.4 is 4.74 Å². The van der Waals surface area contributed by atoms with Crippen LogP contribution in [0.4, 0.5) is 8.78 Å². The van der Waals surface area contributed by atoms with E-state index < -0.39 is 6.43 Å². The average Bonchev–Trinajstić information content (AvgIpc) is 3.08. The van der Waals surface area contributed by atoms with E-state index in [1.807, 2.05) is 0 Å². The van der Waals surface area contributed by atoms with E-state index in [2.05, 4.69) is 25.5 Å². The number of benzene rings is 1. The minimum absolute atomic E-state index is 0.0626. The van der Waals surface area contributed by atoms with Crippen LogP contribution in [0.25, 0.3) is 16.6 Å². The lowest BCUT2D eigenvalue weighted by molar-refractivity contribution is 0.151. The normalized spacial score (nSPS) is 11.3. The van der Waals surface area contributed by atoms with Crippen molar-refractivity contribution in [2.75, 3.05) is 0 Å². The fraction of sp³-hybridized carbons (Fsp3) is 0.167. The number of pyridine rings is 1. The van der Waals surface area contributed by atoms with Gasteiger partial charge in [-0.3, -0.25) is 4.98 Å². The summed E-state index contributed by atoms with van der Waals surface area (Å²) >= 11 is 6.05. The molecule has 0 amide bonds. The molecule has 0 spiro atoms. The first-order chi connectivity index (χ1) is 13.5. The van der Waals surface area contributed by atoms with Gasteiger partial charge in [-0.2, -0.15) is 0 Å². The molecule has 0 fully saturated rings. The summed E-state index contributed by atoms with van der Waals surface area (Å²) in [5, 5.41) is 16.8. The van der Waals surface area contributed by atoms with E-state index in [0.29, 0.717) is 28.0 Å². The highest BCUT2D eigenvalue weighted by molar-refractivity contribution is 6.34. The molecule has 142 valence electrons. The minimum atomic E-state index is -2.53. The summed E-state index contributed by atoms with van der Waals surface area (Å²) in [5.41, 5.74) is 2.30. The average molecular weight is 403 g/mol. The molecule has 0 aliphatic rings. The molecule has 1 aromatic carbocycles. The van der Waals surface area contributed by atoms with Gasteiger partial charge in [-0.15, -0.1) is 15.3 Å². The number of aromatic nitrogens is 6. The number of hydrogen-bond donors (Lipinski definition) is 0. The molecule has 3 aromatic heterocycles. The molecular formula is C18H13ClF2N6O. The highest BCUT2D eigenvalue weighted by Crippen LogP contribution is 2.26. The zero-order valence-electron chi connectivity index (χ0n) is 14.6. The molecule has 28 heavy (non-hydrogen) atoms. The Balaban J connectivity index is 1.63. The van der Waals surface area contributed by atoms with Crippen molar-refractivity contribution in [3.63, 3.8) is 0 Å². The van der Waals surface area contributed by atoms with Crippen molar-refractivity contribution in [2.45, 2.75) is 20.0 Å². The topological polar surface area (TPSA) is 78.6 Å². The first-order valence-electron chi connectivity index (χ1n) is 8.24. The SMILES string of the molecule is Cc1nnn(-c2ccc(C(F)F)cc2)c1COc1nnc(Cl)c2cccnc12. The van der Waals surface area contributed by atoms with Crippen molar-refractivity contribution in [1.82, 2.24) is 30.2 Å². The van der Waals surface area contributed by atoms with Gasteiger partial charge in [0.05, 0.1) is 11.4 Å². The molecule has 0 aliphatic carbocycles. The molecule has 0 saturated heterocycles. The van der Waals surface area contributed by atoms with Gasteiger partial charge in [0.25, 0.3) is 12.3 Å². The zero-order chi connectivity index (χ0) is 19.7. The summed E-state index contributed by atoms with van der Waals surface area (Å²) in [6.45, 7) is 1.86. The molecule has 0 radical (unpaired) electrons. The number of alkyl halides is 2. The van der Waals surface area contributed by atoms with Crippen molar-refractivity contribution < 1.29 is 13.5 Å². The maximum Gasteiger partial charge on any atom is 0.263 e. The van der Waals surface area contributed by atoms with Crippen LogP contribution in [-0.2, 0) is 6.61 Å². The molecule has 0 atom stereocenters. The predicted octanol–water partition coefficient (Wildman–Crippen LogP) is 4.08. The molecule has 4 rings (SSSR count). The second-order valence-electron chi connectivity index (χ2n) is 5.91. The lowest BCUT2D eigenvalue weighted by Gasteiger charge is -2.10. The Kier molecular flexibility index (Phi) is 4.82. The quantitative estimate of drug-likeness (QED) is 0.500. The molecule has 0 N–H and O–H groups in total. The van der Waals surface area contributed by atoms with Crippen LogP contribution in [0, 0.1) is 6.92 Å². The van der Waals surface area contributed by atoms with Gasteiger partial charge in [0.1, 0.15) is 17.8 Å². The van der Waals surface area contributed by atoms with E-state index in [4.69, 9.17) is 16.3 Å². The Morgan fingerprint density at radius 2 is 1.89 bits per heavy atom. The van der Waals surface area contributed by atoms with E-state index in [0.717, 1.165) is 0 Å². The van der Waals surface area contributed by atoms with Crippen LogP contribution in [0.5, 0.6) is 5.88 Å². The van der Waals surface area contributed by atoms with Crippen LogP contribution >= 0.6 is 11.6 Å². The summed E-state index contributed by atoms with van der Waals surface area (Å²) in [4.78, 5) is 4.25. The van der Waals surface area contributed by atoms with Gasteiger partial charge in [-0.25, -0.2) is 13.5 Å². The Hall–Kier alpha value is -3.20. The Labute approximate surface area is 162 Å². The van der Waals surface area contributed by atoms with Crippen LogP contribution in [0.1, 0.15) is 23.4 Å². The number of halogens is 3. The van der Waals surface area contributed by atoms with Crippen LogP contribution in [-0.4, -0.2) is 30.2 Å². The van der Waals surface area contributed by atoms with Crippen LogP contribution in [0.3, 0.4) is 0 Å². The van der Waals surface area contributed by atoms with Gasteiger partial charge in [-0.05, 0) is 31.2 Å². The molecule has 10 heteroatoms. The summed E-state index contributed by atoms with van der Waals surface area (Å²) in [6.07, 6.45) is -0.923. The van der Waals surface area contributed by atoms with Gasteiger partial charge in [0.15, 0.2) is 5.15 Å². The third kappa shape index (κ3) is 3.36. The number of nitrogens with zero attached hydrogens (tertiary/aromatic N) is 6. The molecule has 0 aliphatic heterocycles. The number of fused-ring (bicyclic) bond motifs is 1. The van der Waals surface area contributed by atoms with Gasteiger partial charge >= 0.3 is 0 Å². The second kappa shape index (κ2) is 7.43. The molecule has 7 nitrogen and oxygen atoms in total. The van der Waals surface area contributed by atoms with Gasteiger partial charge in [0, 0.05) is 17.1 Å². The first kappa shape index (κ1) is 18.2. The van der Waals surface area contributed by atoms with Crippen LogP contribution in [0.15, 0.2) is 42.6 Å². The fourth-order valence-electron chi connectivity index (χ4n) is 2.68. The smallest absolute Gasteiger partial charge is 0.263 e. The van der Waals surface area contributed by atoms with Gasteiger partial charge in [-0.1, -0.05) is 28.9 Å². The third-order valence-corrected chi connectivity index (χ3v) is 4.43. The van der Waals surface area contributed by atoms with Crippen molar-refractivity contribution >= 4 is 22.5 Å². The van der Waals surface area contributed by atoms with Crippen LogP contribution in [0.2, 0.25) is 5.15 Å². The van der Waals surface area contributed by atoms with Gasteiger partial charge < -0.3 is 4.74 Å². The molecule has 3 heterocycles. The fourth-order valence-corrected chi connectivity index (χ4v) is 2.87. The summed E-state index contributed by atoms with van der Waals surface area (Å²) in [7, 11) is 0. The van der Waals surface area contributed by atoms with E-state index in [1.165, 1.54) is 16.8 Å². The molecule has 0 saturated carbocycles. The maximum absolute atomic E-state index is 12.8. The van der Waals surface area contributed by atoms with Gasteiger partial charge in [0.2, 0.25) is 0 Å². The number of rotatable bonds is 5. The molecular weight excluding hydrogens is 390 g/mol. The highest BCUT2D eigenvalue weighted by atomic mass is 35.5. The standard InChI is InChI=1S/C18H13ClF2N6O/c1-10-14(27(26-23-10)12-6-4-11(5-7-12)17(20)21)9-28-18-15-13(3-2-8-22-15)16(19)24-25-18/h2-8,17H,9H2,1H3. The minimum Gasteiger partial charge on any atom is -0.468 e. The summed E-state index contributed by atoms with van der Waals surface area (Å²) in [5.74, 6) is 0.222. The number of aryl methyl sites for hydroxylation is 1. The monoisotopic (exact) mass is 402 g/mol. The summed E-state index contributed by atoms with van der Waals surface area (Å²) in [6, 6.07) is 9.32. The second-order valence-corrected chi connectivity index (χ2v) is 6.27. The van der Waals surface area contributed by atoms with Crippen molar-refractivity contribution in [3.05, 3.63) is 64.7 Å². The van der Waals surface area contributed by atoms with E-state index in [-0.39, 0.29) is 23.2 Å². The third-order valence-electron chi connectivity index (χ3n) is 4.15. The Bertz CT molecular complexity index is 1130. The zero-order valence-corrected chi connectivity index (χ0v) is 15.3. The van der Waals surface area contributed by atoms with Crippen molar-refractivity contribution in [2.24, 2.45) is 0 Å². The van der Waals surface area contributed by atoms with Crippen molar-refractivity contribution in [3.8, 4) is 11.6 Å². The highest BCUT2D eigenvalue weighted by Gasteiger charge is 2.16. The largest absolute Gasteiger partial charge is 0.468 e. The lowest BCUT2D eigenvalue weighted by atomic mass is 10.2. The molecule has 0 bridgehead atoms. The van der Waals surface area contributed by atoms with Crippen molar-refractivity contribution in [1.29, 1.82) is 0 Å². The van der Waals surface area contributed by atoms with E-state index >= 15 is 0 Å². The van der Waals surface area contributed by atoms with E-state index in [1.54, 1.807) is 37.4 Å². The molecule has 4 aromatic rings. The van der Waals surface area contributed by atoms with E-state index in [9.17, 15) is 8.78 Å².